The maximum Gasteiger partial charge on any atom is 3.00 e. The van der Waals surface area contributed by atoms with E-state index in [1.54, 1.807) is 0 Å². The number of imidazole rings is 2. The van der Waals surface area contributed by atoms with Crippen LogP contribution in [0.1, 0.15) is 0 Å². The Bertz CT molecular complexity index is 3580. The maximum atomic E-state index is 5.03. The predicted molar refractivity (Wildman–Crippen MR) is 280 cm³/mol. The van der Waals surface area contributed by atoms with E-state index in [4.69, 9.17) is 24.9 Å². The Kier molecular flexibility index (Phi) is 12.5. The Morgan fingerprint density at radius 2 is 0.817 bits per heavy atom. The average Bonchev–Trinajstić information content (AvgIpc) is 4.16. The van der Waals surface area contributed by atoms with E-state index in [2.05, 4.69) is 155 Å². The molecule has 0 bridgehead atoms. The van der Waals surface area contributed by atoms with Gasteiger partial charge in [0.05, 0.1) is 5.69 Å². The topological polar surface area (TPSA) is 74.3 Å². The second kappa shape index (κ2) is 20.0. The van der Waals surface area contributed by atoms with Crippen LogP contribution in [-0.4, -0.2) is 34.1 Å². The van der Waals surface area contributed by atoms with Crippen LogP contribution >= 0.6 is 0 Å². The first-order valence-electron chi connectivity index (χ1n) is 23.0. The van der Waals surface area contributed by atoms with Gasteiger partial charge in [0.2, 0.25) is 0 Å². The summed E-state index contributed by atoms with van der Waals surface area (Å²) in [4.78, 5) is 24.5. The number of pyridine rings is 3. The molecule has 12 rings (SSSR count). The van der Waals surface area contributed by atoms with Crippen molar-refractivity contribution in [3.8, 4) is 112 Å². The predicted octanol–water partition coefficient (Wildman–Crippen LogP) is 14.6. The van der Waals surface area contributed by atoms with E-state index < -0.39 is 0 Å². The van der Waals surface area contributed by atoms with Crippen molar-refractivity contribution in [1.29, 1.82) is 0 Å². The number of hydrogen-bond acceptors (Lipinski definition) is 5. The molecule has 0 amide bonds. The van der Waals surface area contributed by atoms with E-state index in [0.717, 1.165) is 101 Å². The summed E-state index contributed by atoms with van der Waals surface area (Å²) in [7, 11) is 0. The van der Waals surface area contributed by atoms with Crippen molar-refractivity contribution < 1.29 is 20.1 Å². The molecule has 0 saturated heterocycles. The fraction of sp³-hybridized carbons (Fsp3) is 0. The maximum absolute atomic E-state index is 5.03. The van der Waals surface area contributed by atoms with Crippen molar-refractivity contribution >= 4 is 0 Å². The van der Waals surface area contributed by atoms with Gasteiger partial charge in [0.25, 0.3) is 0 Å². The molecule has 0 saturated carbocycles. The average molecular weight is 1090 g/mol. The van der Waals surface area contributed by atoms with Crippen molar-refractivity contribution in [3.05, 3.63) is 262 Å². The molecule has 0 spiro atoms. The molecule has 336 valence electrons. The normalized spacial score (nSPS) is 11.0. The summed E-state index contributed by atoms with van der Waals surface area (Å²) in [5.74, 6) is 1.53. The Balaban J connectivity index is 0.00000547. The summed E-state index contributed by atoms with van der Waals surface area (Å²) < 4.78 is 4.19. The molecule has 71 heavy (non-hydrogen) atoms. The summed E-state index contributed by atoms with van der Waals surface area (Å²) in [6.07, 6.45) is 13.3. The third-order valence-corrected chi connectivity index (χ3v) is 12.5. The van der Waals surface area contributed by atoms with Crippen LogP contribution in [0.5, 0.6) is 0 Å². The molecule has 7 aromatic carbocycles. The Morgan fingerprint density at radius 3 is 1.44 bits per heavy atom. The Morgan fingerprint density at radius 1 is 0.310 bits per heavy atom. The van der Waals surface area contributed by atoms with E-state index in [1.807, 2.05) is 116 Å². The minimum absolute atomic E-state index is 0. The standard InChI is InChI=1S/C63H40N7.Ir/c1-4-13-44(14-5-1)45-23-25-46(26-24-45)49-19-12-20-50(37-49)61-30-27-51(41-66-61)57-21-10-11-22-58(57)53-38-54(63-65-33-35-69(63)55-29-32-60(68-43-55)48-17-8-3-9-18-48)40-56(39-53)70-36-34-64-62(70)52-28-31-59(67-42-52)47-15-6-2-7-16-47;/h1-15,17,19,21-43H;/q-3;+3. The van der Waals surface area contributed by atoms with Crippen molar-refractivity contribution in [2.24, 2.45) is 0 Å². The Labute approximate surface area is 425 Å². The van der Waals surface area contributed by atoms with Gasteiger partial charge in [-0.25, -0.2) is 9.97 Å². The largest absolute Gasteiger partial charge is 3.00 e. The summed E-state index contributed by atoms with van der Waals surface area (Å²) >= 11 is 0. The summed E-state index contributed by atoms with van der Waals surface area (Å²) in [6.45, 7) is 0. The second-order valence-electron chi connectivity index (χ2n) is 16.8. The van der Waals surface area contributed by atoms with Crippen LogP contribution in [0, 0.1) is 18.2 Å². The number of nitrogens with zero attached hydrogens (tertiary/aromatic N) is 7. The second-order valence-corrected chi connectivity index (χ2v) is 16.8. The molecule has 0 radical (unpaired) electrons. The molecule has 0 unspecified atom stereocenters. The molecule has 5 aromatic heterocycles. The van der Waals surface area contributed by atoms with Gasteiger partial charge < -0.3 is 15.0 Å². The number of aromatic nitrogens is 7. The van der Waals surface area contributed by atoms with Gasteiger partial charge in [-0.05, 0) is 80.3 Å². The van der Waals surface area contributed by atoms with Gasteiger partial charge in [-0.2, -0.15) is 0 Å². The van der Waals surface area contributed by atoms with Crippen LogP contribution in [0.15, 0.2) is 244 Å². The molecule has 0 aliphatic heterocycles. The van der Waals surface area contributed by atoms with Gasteiger partial charge in [0.1, 0.15) is 11.6 Å². The van der Waals surface area contributed by atoms with Gasteiger partial charge in [-0.15, -0.1) is 107 Å². The van der Waals surface area contributed by atoms with E-state index in [0.29, 0.717) is 0 Å². The molecule has 0 N–H and O–H groups in total. The van der Waals surface area contributed by atoms with Crippen molar-refractivity contribution in [3.63, 3.8) is 0 Å². The van der Waals surface area contributed by atoms with E-state index in [-0.39, 0.29) is 20.1 Å². The molecule has 0 aliphatic carbocycles. The summed E-state index contributed by atoms with van der Waals surface area (Å²) in [5.41, 5.74) is 17.7. The molecule has 7 nitrogen and oxygen atoms in total. The zero-order chi connectivity index (χ0) is 46.6. The molecular weight excluding hydrogens is 1050 g/mol. The third-order valence-electron chi connectivity index (χ3n) is 12.5. The summed E-state index contributed by atoms with van der Waals surface area (Å²) in [5, 5.41) is 0. The first kappa shape index (κ1) is 44.6. The number of rotatable bonds is 11. The molecular formula is C63H40IrN7. The minimum Gasteiger partial charge on any atom is -0.304 e. The van der Waals surface area contributed by atoms with Crippen LogP contribution in [0.25, 0.3) is 112 Å². The van der Waals surface area contributed by atoms with E-state index >= 15 is 0 Å². The Hall–Kier alpha value is -8.94. The SMILES string of the molecule is [Ir+3].[c-]1ccccc1-c1ccc(-c2nccn2-c2cc(-c3ccccc3-c3ccc(-c4[c-]ccc(-c5ccc(-c6ccccc6)cc5)c4)nc3)cc(-c3nccn3-c3ccc(-c4[c-]cccc4)nc3)c2)cn1. The fourth-order valence-electron chi connectivity index (χ4n) is 8.94. The van der Waals surface area contributed by atoms with Crippen molar-refractivity contribution in [2.45, 2.75) is 0 Å². The van der Waals surface area contributed by atoms with Crippen LogP contribution < -0.4 is 0 Å². The van der Waals surface area contributed by atoms with Crippen molar-refractivity contribution in [1.82, 2.24) is 34.1 Å². The van der Waals surface area contributed by atoms with E-state index in [1.165, 1.54) is 11.1 Å². The number of hydrogen-bond donors (Lipinski definition) is 0. The first-order valence-corrected chi connectivity index (χ1v) is 23.0. The minimum atomic E-state index is 0. The fourth-order valence-corrected chi connectivity index (χ4v) is 8.94. The molecule has 0 fully saturated rings. The number of benzene rings is 7. The van der Waals surface area contributed by atoms with Gasteiger partial charge in [0, 0.05) is 60.2 Å². The van der Waals surface area contributed by atoms with Gasteiger partial charge in [-0.3, -0.25) is 9.13 Å². The monoisotopic (exact) mass is 1090 g/mol. The zero-order valence-corrected chi connectivity index (χ0v) is 40.5. The zero-order valence-electron chi connectivity index (χ0n) is 38.1. The van der Waals surface area contributed by atoms with Crippen molar-refractivity contribution in [2.75, 3.05) is 0 Å². The van der Waals surface area contributed by atoms with Gasteiger partial charge >= 0.3 is 20.1 Å². The first-order chi connectivity index (χ1) is 34.7. The van der Waals surface area contributed by atoms with Crippen LogP contribution in [0.3, 0.4) is 0 Å². The summed E-state index contributed by atoms with van der Waals surface area (Å²) in [6, 6.07) is 78.6. The quantitative estimate of drug-likeness (QED) is 0.121. The smallest absolute Gasteiger partial charge is 0.304 e. The van der Waals surface area contributed by atoms with Gasteiger partial charge in [-0.1, -0.05) is 109 Å². The van der Waals surface area contributed by atoms with Gasteiger partial charge in [0.15, 0.2) is 0 Å². The van der Waals surface area contributed by atoms with Crippen LogP contribution in [-0.2, 0) is 20.1 Å². The van der Waals surface area contributed by atoms with Crippen LogP contribution in [0.4, 0.5) is 0 Å². The third kappa shape index (κ3) is 9.21. The molecule has 0 atom stereocenters. The van der Waals surface area contributed by atoms with Crippen LogP contribution in [0.2, 0.25) is 0 Å². The molecule has 8 heteroatoms. The molecule has 5 heterocycles. The molecule has 0 aliphatic rings. The molecule has 12 aromatic rings. The van der Waals surface area contributed by atoms with E-state index in [9.17, 15) is 0 Å².